The molecular formula is C22H17ClN2O3S. The van der Waals surface area contributed by atoms with E-state index < -0.39 is 0 Å². The molecule has 2 aromatic carbocycles. The molecule has 0 radical (unpaired) electrons. The van der Waals surface area contributed by atoms with E-state index in [0.717, 1.165) is 11.3 Å². The minimum Gasteiger partial charge on any atom is -0.497 e. The van der Waals surface area contributed by atoms with Gasteiger partial charge in [0.25, 0.3) is 5.56 Å². The van der Waals surface area contributed by atoms with Crippen LogP contribution in [0.1, 0.15) is 0 Å². The molecule has 0 bridgehead atoms. The van der Waals surface area contributed by atoms with E-state index in [2.05, 4.69) is 4.98 Å². The van der Waals surface area contributed by atoms with E-state index in [1.165, 1.54) is 11.3 Å². The van der Waals surface area contributed by atoms with E-state index in [9.17, 15) is 4.79 Å². The molecule has 0 saturated carbocycles. The number of benzene rings is 2. The number of halogens is 1. The largest absolute Gasteiger partial charge is 0.497 e. The Morgan fingerprint density at radius 2 is 1.83 bits per heavy atom. The summed E-state index contributed by atoms with van der Waals surface area (Å²) in [5.41, 5.74) is 2.74. The first-order chi connectivity index (χ1) is 14.1. The predicted octanol–water partition coefficient (Wildman–Crippen LogP) is 5.30. The molecule has 0 aliphatic heterocycles. The Morgan fingerprint density at radius 3 is 2.55 bits per heavy atom. The number of thiazole rings is 1. The van der Waals surface area contributed by atoms with Crippen molar-refractivity contribution < 1.29 is 9.47 Å². The molecule has 5 nitrogen and oxygen atoms in total. The number of ether oxygens (including phenoxy) is 2. The van der Waals surface area contributed by atoms with Gasteiger partial charge in [-0.15, -0.1) is 11.3 Å². The summed E-state index contributed by atoms with van der Waals surface area (Å²) < 4.78 is 12.2. The number of methoxy groups -OCH3 is 2. The summed E-state index contributed by atoms with van der Waals surface area (Å²) in [4.78, 5) is 17.9. The second-order valence-electron chi connectivity index (χ2n) is 6.18. The first kappa shape index (κ1) is 19.2. The van der Waals surface area contributed by atoms with Crippen molar-refractivity contribution in [2.24, 2.45) is 0 Å². The van der Waals surface area contributed by atoms with Crippen LogP contribution in [-0.2, 0) is 0 Å². The fraction of sp³-hybridized carbons (Fsp3) is 0.0909. The van der Waals surface area contributed by atoms with Gasteiger partial charge in [-0.2, -0.15) is 0 Å². The number of pyridine rings is 1. The standard InChI is InChI=1S/C22H17ClN2O3S/c1-27-16-9-10-19(20(12-16)28-2)25-11-3-4-17(22(25)26)21-24-18(13-29-21)14-5-7-15(23)8-6-14/h3-13H,1-2H3. The van der Waals surface area contributed by atoms with E-state index in [0.29, 0.717) is 32.8 Å². The molecular weight excluding hydrogens is 408 g/mol. The third-order valence-corrected chi connectivity index (χ3v) is 5.60. The highest BCUT2D eigenvalue weighted by Crippen LogP contribution is 2.30. The lowest BCUT2D eigenvalue weighted by Gasteiger charge is -2.13. The molecule has 29 heavy (non-hydrogen) atoms. The molecule has 0 unspecified atom stereocenters. The smallest absolute Gasteiger partial charge is 0.265 e. The van der Waals surface area contributed by atoms with Gasteiger partial charge in [0.05, 0.1) is 31.2 Å². The second-order valence-corrected chi connectivity index (χ2v) is 7.47. The van der Waals surface area contributed by atoms with Gasteiger partial charge in [0, 0.05) is 28.2 Å². The first-order valence-electron chi connectivity index (χ1n) is 8.76. The summed E-state index contributed by atoms with van der Waals surface area (Å²) in [6.45, 7) is 0. The van der Waals surface area contributed by atoms with Gasteiger partial charge in [0.1, 0.15) is 16.5 Å². The molecule has 0 saturated heterocycles. The lowest BCUT2D eigenvalue weighted by Crippen LogP contribution is -2.19. The van der Waals surface area contributed by atoms with Crippen molar-refractivity contribution in [2.75, 3.05) is 14.2 Å². The summed E-state index contributed by atoms with van der Waals surface area (Å²) in [5, 5.41) is 3.26. The van der Waals surface area contributed by atoms with Gasteiger partial charge in [0.15, 0.2) is 0 Å². The summed E-state index contributed by atoms with van der Waals surface area (Å²) in [6.07, 6.45) is 1.71. The summed E-state index contributed by atoms with van der Waals surface area (Å²) >= 11 is 7.39. The quantitative estimate of drug-likeness (QED) is 0.436. The highest BCUT2D eigenvalue weighted by atomic mass is 35.5. The van der Waals surface area contributed by atoms with E-state index in [-0.39, 0.29) is 5.56 Å². The molecule has 0 amide bonds. The summed E-state index contributed by atoms with van der Waals surface area (Å²) in [7, 11) is 3.15. The van der Waals surface area contributed by atoms with Crippen molar-refractivity contribution in [3.8, 4) is 39.0 Å². The SMILES string of the molecule is COc1ccc(-n2cccc(-c3nc(-c4ccc(Cl)cc4)cs3)c2=O)c(OC)c1. The maximum absolute atomic E-state index is 13.2. The molecule has 146 valence electrons. The van der Waals surface area contributed by atoms with Crippen LogP contribution in [0.2, 0.25) is 5.02 Å². The maximum Gasteiger partial charge on any atom is 0.265 e. The first-order valence-corrected chi connectivity index (χ1v) is 10.0. The monoisotopic (exact) mass is 424 g/mol. The third kappa shape index (κ3) is 3.77. The van der Waals surface area contributed by atoms with Gasteiger partial charge < -0.3 is 9.47 Å². The fourth-order valence-electron chi connectivity index (χ4n) is 2.98. The zero-order valence-corrected chi connectivity index (χ0v) is 17.3. The van der Waals surface area contributed by atoms with E-state index in [1.807, 2.05) is 35.7 Å². The van der Waals surface area contributed by atoms with Gasteiger partial charge in [-0.1, -0.05) is 23.7 Å². The Bertz CT molecular complexity index is 1220. The molecule has 2 aromatic heterocycles. The van der Waals surface area contributed by atoms with Gasteiger partial charge >= 0.3 is 0 Å². The fourth-order valence-corrected chi connectivity index (χ4v) is 3.95. The van der Waals surface area contributed by atoms with Gasteiger partial charge in [0.2, 0.25) is 0 Å². The number of aromatic nitrogens is 2. The van der Waals surface area contributed by atoms with Crippen LogP contribution in [0.15, 0.2) is 71.0 Å². The molecule has 7 heteroatoms. The Labute approximate surface area is 176 Å². The van der Waals surface area contributed by atoms with Crippen molar-refractivity contribution >= 4 is 22.9 Å². The van der Waals surface area contributed by atoms with E-state index >= 15 is 0 Å². The van der Waals surface area contributed by atoms with Crippen molar-refractivity contribution in [1.29, 1.82) is 0 Å². The molecule has 0 atom stereocenters. The molecule has 0 aliphatic carbocycles. The zero-order chi connectivity index (χ0) is 20.4. The Morgan fingerprint density at radius 1 is 1.03 bits per heavy atom. The normalized spacial score (nSPS) is 10.7. The predicted molar refractivity (Wildman–Crippen MR) is 117 cm³/mol. The van der Waals surface area contributed by atoms with Crippen molar-refractivity contribution in [2.45, 2.75) is 0 Å². The van der Waals surface area contributed by atoms with Crippen LogP contribution in [-0.4, -0.2) is 23.8 Å². The van der Waals surface area contributed by atoms with E-state index in [4.69, 9.17) is 21.1 Å². The van der Waals surface area contributed by atoms with Crippen LogP contribution in [0.25, 0.3) is 27.5 Å². The highest BCUT2D eigenvalue weighted by molar-refractivity contribution is 7.13. The van der Waals surface area contributed by atoms with E-state index in [1.54, 1.807) is 49.2 Å². The number of hydrogen-bond donors (Lipinski definition) is 0. The maximum atomic E-state index is 13.2. The average Bonchev–Trinajstić information content (AvgIpc) is 3.24. The van der Waals surface area contributed by atoms with Crippen LogP contribution < -0.4 is 15.0 Å². The van der Waals surface area contributed by atoms with Gasteiger partial charge in [-0.25, -0.2) is 4.98 Å². The summed E-state index contributed by atoms with van der Waals surface area (Å²) in [6, 6.07) is 16.4. The van der Waals surface area contributed by atoms with Crippen molar-refractivity contribution in [1.82, 2.24) is 9.55 Å². The molecule has 4 rings (SSSR count). The van der Waals surface area contributed by atoms with Gasteiger partial charge in [-0.3, -0.25) is 9.36 Å². The lowest BCUT2D eigenvalue weighted by atomic mass is 10.2. The Balaban J connectivity index is 1.77. The lowest BCUT2D eigenvalue weighted by molar-refractivity contribution is 0.393. The molecule has 4 aromatic rings. The average molecular weight is 425 g/mol. The number of rotatable bonds is 5. The minimum absolute atomic E-state index is 0.173. The molecule has 0 N–H and O–H groups in total. The molecule has 2 heterocycles. The molecule has 0 aliphatic rings. The van der Waals surface area contributed by atoms with Crippen LogP contribution in [0, 0.1) is 0 Å². The van der Waals surface area contributed by atoms with Crippen molar-refractivity contribution in [3.63, 3.8) is 0 Å². The second kappa shape index (κ2) is 8.11. The number of nitrogens with zero attached hydrogens (tertiary/aromatic N) is 2. The van der Waals surface area contributed by atoms with Crippen LogP contribution in [0.5, 0.6) is 11.5 Å². The Kier molecular flexibility index (Phi) is 5.38. The highest BCUT2D eigenvalue weighted by Gasteiger charge is 2.15. The number of hydrogen-bond acceptors (Lipinski definition) is 5. The van der Waals surface area contributed by atoms with Gasteiger partial charge in [-0.05, 0) is 36.4 Å². The van der Waals surface area contributed by atoms with Crippen LogP contribution in [0.4, 0.5) is 0 Å². The van der Waals surface area contributed by atoms with Crippen LogP contribution in [0.3, 0.4) is 0 Å². The topological polar surface area (TPSA) is 53.4 Å². The molecule has 0 spiro atoms. The summed E-state index contributed by atoms with van der Waals surface area (Å²) in [5.74, 6) is 1.20. The zero-order valence-electron chi connectivity index (χ0n) is 15.8. The minimum atomic E-state index is -0.173. The Hall–Kier alpha value is -3.09. The van der Waals surface area contributed by atoms with Crippen LogP contribution >= 0.6 is 22.9 Å². The third-order valence-electron chi connectivity index (χ3n) is 4.47. The molecule has 0 fully saturated rings. The van der Waals surface area contributed by atoms with Crippen molar-refractivity contribution in [3.05, 3.63) is 81.6 Å².